The highest BCUT2D eigenvalue weighted by Crippen LogP contribution is 2.32. The minimum Gasteiger partial charge on any atom is -0.466 e. The molecule has 1 aromatic carbocycles. The Labute approximate surface area is 157 Å². The van der Waals surface area contributed by atoms with Crippen molar-refractivity contribution in [1.29, 1.82) is 0 Å². The summed E-state index contributed by atoms with van der Waals surface area (Å²) in [7, 11) is 2.49. The molecule has 27 heavy (non-hydrogen) atoms. The fourth-order valence-electron chi connectivity index (χ4n) is 3.38. The minimum atomic E-state index is -0.658. The van der Waals surface area contributed by atoms with Gasteiger partial charge in [-0.25, -0.2) is 9.59 Å². The molecule has 0 N–H and O–H groups in total. The lowest BCUT2D eigenvalue weighted by Gasteiger charge is -2.32. The Hall–Kier alpha value is -2.87. The molecule has 1 unspecified atom stereocenters. The molecule has 2 aliphatic heterocycles. The SMILES string of the molecule is COC(=O)C1=C(C(=O)OC)N(c2cccc(N3C(=O)CCC3C)c2)COC1. The fraction of sp³-hybridized carbons (Fsp3) is 0.421. The predicted molar refractivity (Wildman–Crippen MR) is 97.0 cm³/mol. The molecular formula is C19H22N2O6. The molecule has 2 heterocycles. The maximum absolute atomic E-state index is 12.4. The maximum Gasteiger partial charge on any atom is 0.355 e. The van der Waals surface area contributed by atoms with E-state index in [0.717, 1.165) is 12.1 Å². The summed E-state index contributed by atoms with van der Waals surface area (Å²) in [5.74, 6) is -1.25. The van der Waals surface area contributed by atoms with E-state index in [-0.39, 0.29) is 36.6 Å². The quantitative estimate of drug-likeness (QED) is 0.740. The van der Waals surface area contributed by atoms with Gasteiger partial charge in [-0.05, 0) is 31.5 Å². The van der Waals surface area contributed by atoms with Crippen molar-refractivity contribution in [3.8, 4) is 0 Å². The second-order valence-electron chi connectivity index (χ2n) is 6.39. The first-order chi connectivity index (χ1) is 13.0. The summed E-state index contributed by atoms with van der Waals surface area (Å²) in [6.07, 6.45) is 1.31. The van der Waals surface area contributed by atoms with Crippen molar-refractivity contribution in [3.05, 3.63) is 35.5 Å². The molecule has 1 atom stereocenters. The molecule has 0 aliphatic carbocycles. The molecule has 0 radical (unpaired) electrons. The molecule has 2 aliphatic rings. The summed E-state index contributed by atoms with van der Waals surface area (Å²) in [5.41, 5.74) is 1.51. The molecule has 1 fully saturated rings. The van der Waals surface area contributed by atoms with Gasteiger partial charge in [-0.1, -0.05) is 6.07 Å². The Bertz CT molecular complexity index is 803. The van der Waals surface area contributed by atoms with Gasteiger partial charge in [0.1, 0.15) is 12.4 Å². The van der Waals surface area contributed by atoms with Crippen LogP contribution in [0.15, 0.2) is 35.5 Å². The second kappa shape index (κ2) is 7.79. The Morgan fingerprint density at radius 1 is 1.15 bits per heavy atom. The largest absolute Gasteiger partial charge is 0.466 e. The van der Waals surface area contributed by atoms with Crippen LogP contribution in [0.5, 0.6) is 0 Å². The number of methoxy groups -OCH3 is 2. The number of carbonyl (C=O) groups is 3. The third kappa shape index (κ3) is 3.52. The van der Waals surface area contributed by atoms with Gasteiger partial charge in [0.15, 0.2) is 0 Å². The van der Waals surface area contributed by atoms with Gasteiger partial charge < -0.3 is 24.0 Å². The van der Waals surface area contributed by atoms with Gasteiger partial charge >= 0.3 is 11.9 Å². The summed E-state index contributed by atoms with van der Waals surface area (Å²) in [4.78, 5) is 40.0. The van der Waals surface area contributed by atoms with E-state index < -0.39 is 11.9 Å². The number of ether oxygens (including phenoxy) is 3. The van der Waals surface area contributed by atoms with Crippen LogP contribution in [0, 0.1) is 0 Å². The third-order valence-corrected chi connectivity index (χ3v) is 4.74. The average Bonchev–Trinajstić information content (AvgIpc) is 3.04. The average molecular weight is 374 g/mol. The Morgan fingerprint density at radius 2 is 1.85 bits per heavy atom. The van der Waals surface area contributed by atoms with Crippen molar-refractivity contribution < 1.29 is 28.6 Å². The molecule has 0 aromatic heterocycles. The number of amides is 1. The number of hydrogen-bond donors (Lipinski definition) is 0. The van der Waals surface area contributed by atoms with Crippen LogP contribution in [0.2, 0.25) is 0 Å². The van der Waals surface area contributed by atoms with Crippen molar-refractivity contribution in [1.82, 2.24) is 0 Å². The zero-order valence-electron chi connectivity index (χ0n) is 15.6. The van der Waals surface area contributed by atoms with Crippen molar-refractivity contribution in [2.45, 2.75) is 25.8 Å². The fourth-order valence-corrected chi connectivity index (χ4v) is 3.38. The lowest BCUT2D eigenvalue weighted by molar-refractivity contribution is -0.140. The Kier molecular flexibility index (Phi) is 5.46. The van der Waals surface area contributed by atoms with Crippen LogP contribution < -0.4 is 9.80 Å². The van der Waals surface area contributed by atoms with E-state index >= 15 is 0 Å². The van der Waals surface area contributed by atoms with Gasteiger partial charge in [0.05, 0.1) is 26.4 Å². The van der Waals surface area contributed by atoms with Gasteiger partial charge in [0, 0.05) is 23.8 Å². The van der Waals surface area contributed by atoms with Crippen molar-refractivity contribution in [2.24, 2.45) is 0 Å². The van der Waals surface area contributed by atoms with Crippen LogP contribution >= 0.6 is 0 Å². The second-order valence-corrected chi connectivity index (χ2v) is 6.39. The number of esters is 2. The van der Waals surface area contributed by atoms with Crippen LogP contribution in [0.25, 0.3) is 0 Å². The molecule has 144 valence electrons. The first kappa shape index (κ1) is 18.9. The third-order valence-electron chi connectivity index (χ3n) is 4.74. The van der Waals surface area contributed by atoms with E-state index in [1.165, 1.54) is 14.2 Å². The van der Waals surface area contributed by atoms with Gasteiger partial charge in [0.2, 0.25) is 5.91 Å². The van der Waals surface area contributed by atoms with Crippen molar-refractivity contribution in [2.75, 3.05) is 37.4 Å². The van der Waals surface area contributed by atoms with Crippen LogP contribution in [0.3, 0.4) is 0 Å². The minimum absolute atomic E-state index is 0.0467. The Balaban J connectivity index is 2.04. The number of carbonyl (C=O) groups excluding carboxylic acids is 3. The monoisotopic (exact) mass is 374 g/mol. The molecule has 0 saturated carbocycles. The van der Waals surface area contributed by atoms with Crippen LogP contribution in [0.4, 0.5) is 11.4 Å². The summed E-state index contributed by atoms with van der Waals surface area (Å²) in [6, 6.07) is 7.32. The lowest BCUT2D eigenvalue weighted by atomic mass is 10.1. The van der Waals surface area contributed by atoms with Crippen molar-refractivity contribution >= 4 is 29.2 Å². The normalized spacial score (nSPS) is 20.1. The molecule has 8 heteroatoms. The predicted octanol–water partition coefficient (Wildman–Crippen LogP) is 1.60. The summed E-state index contributed by atoms with van der Waals surface area (Å²) < 4.78 is 15.1. The van der Waals surface area contributed by atoms with Crippen molar-refractivity contribution in [3.63, 3.8) is 0 Å². The number of benzene rings is 1. The molecule has 0 bridgehead atoms. The highest BCUT2D eigenvalue weighted by atomic mass is 16.5. The summed E-state index contributed by atoms with van der Waals surface area (Å²) in [5, 5.41) is 0. The number of anilines is 2. The lowest BCUT2D eigenvalue weighted by Crippen LogP contribution is -2.39. The first-order valence-corrected chi connectivity index (χ1v) is 8.65. The topological polar surface area (TPSA) is 85.4 Å². The molecular weight excluding hydrogens is 352 g/mol. The highest BCUT2D eigenvalue weighted by molar-refractivity contribution is 6.03. The number of nitrogens with zero attached hydrogens (tertiary/aromatic N) is 2. The van der Waals surface area contributed by atoms with E-state index in [1.54, 1.807) is 28.0 Å². The van der Waals surface area contributed by atoms with Gasteiger partial charge in [0.25, 0.3) is 0 Å². The van der Waals surface area contributed by atoms with E-state index in [1.807, 2.05) is 13.0 Å². The van der Waals surface area contributed by atoms with Gasteiger partial charge in [-0.3, -0.25) is 4.79 Å². The van der Waals surface area contributed by atoms with Gasteiger partial charge in [-0.15, -0.1) is 0 Å². The van der Waals surface area contributed by atoms with E-state index in [4.69, 9.17) is 14.2 Å². The Morgan fingerprint density at radius 3 is 2.48 bits per heavy atom. The summed E-state index contributed by atoms with van der Waals surface area (Å²) >= 11 is 0. The van der Waals surface area contributed by atoms with E-state index in [0.29, 0.717) is 12.1 Å². The molecule has 1 amide bonds. The standard InChI is InChI=1S/C19H22N2O6/c1-12-7-8-16(22)21(12)14-6-4-5-13(9-14)20-11-27-10-15(18(23)25-2)17(20)19(24)26-3/h4-6,9,12H,7-8,10-11H2,1-3H3. The maximum atomic E-state index is 12.4. The van der Waals surface area contributed by atoms with Crippen LogP contribution in [-0.4, -0.2) is 51.4 Å². The molecule has 8 nitrogen and oxygen atoms in total. The van der Waals surface area contributed by atoms with E-state index in [2.05, 4.69) is 0 Å². The zero-order chi connectivity index (χ0) is 19.6. The van der Waals surface area contributed by atoms with Crippen LogP contribution in [0.1, 0.15) is 19.8 Å². The number of hydrogen-bond acceptors (Lipinski definition) is 7. The molecule has 1 saturated heterocycles. The zero-order valence-corrected chi connectivity index (χ0v) is 15.6. The van der Waals surface area contributed by atoms with Gasteiger partial charge in [-0.2, -0.15) is 0 Å². The van der Waals surface area contributed by atoms with E-state index in [9.17, 15) is 14.4 Å². The van der Waals surface area contributed by atoms with Crippen LogP contribution in [-0.2, 0) is 28.6 Å². The molecule has 1 aromatic rings. The smallest absolute Gasteiger partial charge is 0.355 e. The number of rotatable bonds is 4. The summed E-state index contributed by atoms with van der Waals surface area (Å²) in [6.45, 7) is 2.02. The first-order valence-electron chi connectivity index (χ1n) is 8.65. The molecule has 3 rings (SSSR count). The highest BCUT2D eigenvalue weighted by Gasteiger charge is 2.33. The molecule has 0 spiro atoms.